The highest BCUT2D eigenvalue weighted by molar-refractivity contribution is 5.90. The van der Waals surface area contributed by atoms with Crippen LogP contribution in [0.4, 0.5) is 13.2 Å². The SMILES string of the molecule is N=C1CCC2=CC(Cn3cc(CO)c(C(F)(F)F)n3)=CCC12. The second-order valence-electron chi connectivity index (χ2n) is 5.67. The van der Waals surface area contributed by atoms with E-state index in [1.165, 1.54) is 16.5 Å². The summed E-state index contributed by atoms with van der Waals surface area (Å²) < 4.78 is 39.6. The third-order valence-electron chi connectivity index (χ3n) is 4.16. The Labute approximate surface area is 125 Å². The van der Waals surface area contributed by atoms with E-state index in [9.17, 15) is 13.2 Å². The van der Waals surface area contributed by atoms with Crippen LogP contribution < -0.4 is 0 Å². The van der Waals surface area contributed by atoms with Gasteiger partial charge in [-0.05, 0) is 24.8 Å². The van der Waals surface area contributed by atoms with Crippen LogP contribution in [0.5, 0.6) is 0 Å². The van der Waals surface area contributed by atoms with Crippen molar-refractivity contribution in [1.82, 2.24) is 9.78 Å². The lowest BCUT2D eigenvalue weighted by molar-refractivity contribution is -0.142. The maximum absolute atomic E-state index is 12.8. The fourth-order valence-corrected chi connectivity index (χ4v) is 3.08. The Morgan fingerprint density at radius 2 is 2.14 bits per heavy atom. The summed E-state index contributed by atoms with van der Waals surface area (Å²) in [6.45, 7) is -0.444. The number of nitrogens with zero attached hydrogens (tertiary/aromatic N) is 2. The Bertz CT molecular complexity index is 670. The van der Waals surface area contributed by atoms with Crippen molar-refractivity contribution in [1.29, 1.82) is 5.41 Å². The van der Waals surface area contributed by atoms with Crippen LogP contribution in [0.25, 0.3) is 0 Å². The molecule has 0 aliphatic heterocycles. The van der Waals surface area contributed by atoms with Gasteiger partial charge in [0.25, 0.3) is 0 Å². The Morgan fingerprint density at radius 3 is 2.77 bits per heavy atom. The van der Waals surface area contributed by atoms with Crippen molar-refractivity contribution in [2.45, 2.75) is 38.6 Å². The Balaban J connectivity index is 1.80. The van der Waals surface area contributed by atoms with Crippen LogP contribution in [-0.2, 0) is 19.3 Å². The molecule has 1 aromatic rings. The molecule has 2 N–H and O–H groups in total. The topological polar surface area (TPSA) is 61.9 Å². The first-order valence-corrected chi connectivity index (χ1v) is 7.09. The third kappa shape index (κ3) is 2.72. The summed E-state index contributed by atoms with van der Waals surface area (Å²) in [6.07, 6.45) is 2.98. The zero-order valence-corrected chi connectivity index (χ0v) is 11.8. The van der Waals surface area contributed by atoms with Crippen LogP contribution in [0.3, 0.4) is 0 Å². The van der Waals surface area contributed by atoms with E-state index in [4.69, 9.17) is 10.5 Å². The highest BCUT2D eigenvalue weighted by atomic mass is 19.4. The van der Waals surface area contributed by atoms with Crippen LogP contribution in [-0.4, -0.2) is 20.6 Å². The molecule has 3 rings (SSSR count). The normalized spacial score (nSPS) is 21.6. The smallest absolute Gasteiger partial charge is 0.392 e. The van der Waals surface area contributed by atoms with E-state index in [0.717, 1.165) is 30.5 Å². The maximum atomic E-state index is 12.8. The monoisotopic (exact) mass is 311 g/mol. The van der Waals surface area contributed by atoms with Crippen molar-refractivity contribution in [2.75, 3.05) is 0 Å². The zero-order chi connectivity index (χ0) is 15.9. The molecule has 1 unspecified atom stereocenters. The van der Waals surface area contributed by atoms with Gasteiger partial charge < -0.3 is 10.5 Å². The van der Waals surface area contributed by atoms with Crippen LogP contribution in [0.15, 0.2) is 29.5 Å². The van der Waals surface area contributed by atoms with Gasteiger partial charge in [0.2, 0.25) is 0 Å². The molecule has 1 fully saturated rings. The molecule has 0 saturated heterocycles. The minimum Gasteiger partial charge on any atom is -0.392 e. The molecule has 0 amide bonds. The molecule has 7 heteroatoms. The molecule has 4 nitrogen and oxygen atoms in total. The molecule has 0 aromatic carbocycles. The van der Waals surface area contributed by atoms with Crippen molar-refractivity contribution >= 4 is 5.71 Å². The van der Waals surface area contributed by atoms with Gasteiger partial charge in [0.15, 0.2) is 5.69 Å². The maximum Gasteiger partial charge on any atom is 0.435 e. The second-order valence-corrected chi connectivity index (χ2v) is 5.67. The number of allylic oxidation sites excluding steroid dienone is 4. The van der Waals surface area contributed by atoms with E-state index < -0.39 is 18.5 Å². The van der Waals surface area contributed by atoms with E-state index in [0.29, 0.717) is 0 Å². The molecule has 22 heavy (non-hydrogen) atoms. The summed E-state index contributed by atoms with van der Waals surface area (Å²) >= 11 is 0. The highest BCUT2D eigenvalue weighted by Crippen LogP contribution is 2.36. The number of aromatic nitrogens is 2. The number of nitrogens with one attached hydrogen (secondary N) is 1. The van der Waals surface area contributed by atoms with Gasteiger partial charge in [0, 0.05) is 23.4 Å². The number of rotatable bonds is 3. The lowest BCUT2D eigenvalue weighted by atomic mass is 9.90. The summed E-state index contributed by atoms with van der Waals surface area (Å²) in [4.78, 5) is 0. The number of aliphatic hydroxyl groups is 1. The first-order valence-electron chi connectivity index (χ1n) is 7.09. The van der Waals surface area contributed by atoms with Crippen LogP contribution >= 0.6 is 0 Å². The van der Waals surface area contributed by atoms with E-state index in [1.54, 1.807) is 0 Å². The van der Waals surface area contributed by atoms with E-state index in [2.05, 4.69) is 5.10 Å². The molecule has 2 aliphatic carbocycles. The van der Waals surface area contributed by atoms with Crippen LogP contribution in [0.1, 0.15) is 30.5 Å². The number of aliphatic hydroxyl groups excluding tert-OH is 1. The summed E-state index contributed by atoms with van der Waals surface area (Å²) in [5.41, 5.74) is 1.59. The lowest BCUT2D eigenvalue weighted by Gasteiger charge is -2.17. The van der Waals surface area contributed by atoms with Crippen molar-refractivity contribution in [3.8, 4) is 0 Å². The van der Waals surface area contributed by atoms with E-state index in [-0.39, 0.29) is 18.0 Å². The van der Waals surface area contributed by atoms with Gasteiger partial charge in [-0.3, -0.25) is 4.68 Å². The van der Waals surface area contributed by atoms with Crippen molar-refractivity contribution in [3.63, 3.8) is 0 Å². The fraction of sp³-hybridized carbons (Fsp3) is 0.467. The molecular formula is C15H16F3N3O. The second kappa shape index (κ2) is 5.39. The molecule has 1 heterocycles. The van der Waals surface area contributed by atoms with Crippen LogP contribution in [0.2, 0.25) is 0 Å². The highest BCUT2D eigenvalue weighted by Gasteiger charge is 2.37. The quantitative estimate of drug-likeness (QED) is 0.901. The number of halogens is 3. The molecule has 1 atom stereocenters. The van der Waals surface area contributed by atoms with E-state index >= 15 is 0 Å². The average Bonchev–Trinajstić information content (AvgIpc) is 3.03. The Hall–Kier alpha value is -1.89. The number of hydrogen-bond donors (Lipinski definition) is 2. The van der Waals surface area contributed by atoms with Crippen molar-refractivity contribution in [2.24, 2.45) is 5.92 Å². The lowest BCUT2D eigenvalue weighted by Crippen LogP contribution is -2.12. The summed E-state index contributed by atoms with van der Waals surface area (Å²) in [6, 6.07) is 0. The number of fused-ring (bicyclic) bond motifs is 1. The zero-order valence-electron chi connectivity index (χ0n) is 11.8. The van der Waals surface area contributed by atoms with Gasteiger partial charge in [0.1, 0.15) is 0 Å². The Kier molecular flexibility index (Phi) is 3.68. The molecule has 1 saturated carbocycles. The Morgan fingerprint density at radius 1 is 1.36 bits per heavy atom. The first kappa shape index (κ1) is 15.0. The predicted molar refractivity (Wildman–Crippen MR) is 74.4 cm³/mol. The predicted octanol–water partition coefficient (Wildman–Crippen LogP) is 3.08. The van der Waals surface area contributed by atoms with Crippen molar-refractivity contribution < 1.29 is 18.3 Å². The summed E-state index contributed by atoms with van der Waals surface area (Å²) in [5, 5.41) is 20.5. The molecular weight excluding hydrogens is 295 g/mol. The largest absolute Gasteiger partial charge is 0.435 e. The van der Waals surface area contributed by atoms with Gasteiger partial charge in [-0.25, -0.2) is 0 Å². The summed E-state index contributed by atoms with van der Waals surface area (Å²) in [5.74, 6) is 0.181. The van der Waals surface area contributed by atoms with E-state index in [1.807, 2.05) is 12.2 Å². The number of alkyl halides is 3. The summed E-state index contributed by atoms with van der Waals surface area (Å²) in [7, 11) is 0. The molecule has 0 spiro atoms. The minimum absolute atomic E-state index is 0.181. The van der Waals surface area contributed by atoms with Gasteiger partial charge >= 0.3 is 6.18 Å². The molecule has 118 valence electrons. The molecule has 0 bridgehead atoms. The standard InChI is InChI=1S/C15H16F3N3O/c16-15(17,18)14-11(8-22)7-21(20-14)6-9-1-3-12-10(5-9)2-4-13(12)19/h1,5,7,12,19,22H,2-4,6,8H2. The van der Waals surface area contributed by atoms with Gasteiger partial charge in [-0.15, -0.1) is 0 Å². The van der Waals surface area contributed by atoms with Crippen LogP contribution in [0, 0.1) is 11.3 Å². The van der Waals surface area contributed by atoms with Crippen molar-refractivity contribution in [3.05, 3.63) is 40.8 Å². The minimum atomic E-state index is -4.56. The average molecular weight is 311 g/mol. The van der Waals surface area contributed by atoms with Gasteiger partial charge in [-0.2, -0.15) is 18.3 Å². The molecule has 1 aromatic heterocycles. The first-order chi connectivity index (χ1) is 10.4. The van der Waals surface area contributed by atoms with Gasteiger partial charge in [0.05, 0.1) is 13.2 Å². The molecule has 0 radical (unpaired) electrons. The van der Waals surface area contributed by atoms with Gasteiger partial charge in [-0.1, -0.05) is 17.7 Å². The molecule has 2 aliphatic rings. The fourth-order valence-electron chi connectivity index (χ4n) is 3.08. The third-order valence-corrected chi connectivity index (χ3v) is 4.16. The number of hydrogen-bond acceptors (Lipinski definition) is 3.